The van der Waals surface area contributed by atoms with Crippen LogP contribution in [0.1, 0.15) is 18.4 Å². The molecule has 0 radical (unpaired) electrons. The monoisotopic (exact) mass is 240 g/mol. The van der Waals surface area contributed by atoms with Crippen LogP contribution >= 0.6 is 0 Å². The fourth-order valence-electron chi connectivity index (χ4n) is 1.88. The number of hydrogen-bond acceptors (Lipinski definition) is 2. The smallest absolute Gasteiger partial charge is 0.237 e. The molecule has 17 heavy (non-hydrogen) atoms. The molecule has 1 atom stereocenters. The molecule has 5 heteroatoms. The van der Waals surface area contributed by atoms with Crippen molar-refractivity contribution in [3.8, 4) is 0 Å². The first-order chi connectivity index (χ1) is 8.18. The summed E-state index contributed by atoms with van der Waals surface area (Å²) in [6.45, 7) is 0.840. The van der Waals surface area contributed by atoms with Gasteiger partial charge in [-0.15, -0.1) is 0 Å². The van der Waals surface area contributed by atoms with E-state index in [1.165, 1.54) is 12.1 Å². The summed E-state index contributed by atoms with van der Waals surface area (Å²) in [7, 11) is 0. The molecular formula is C12H14F2N2O. The lowest BCUT2D eigenvalue weighted by Crippen LogP contribution is -2.48. The lowest BCUT2D eigenvalue weighted by atomic mass is 10.1. The van der Waals surface area contributed by atoms with E-state index in [1.807, 2.05) is 0 Å². The molecule has 0 saturated carbocycles. The highest BCUT2D eigenvalue weighted by atomic mass is 19.2. The normalized spacial score (nSPS) is 20.1. The van der Waals surface area contributed by atoms with Crippen LogP contribution in [0.5, 0.6) is 0 Å². The van der Waals surface area contributed by atoms with Crippen molar-refractivity contribution in [2.24, 2.45) is 0 Å². The molecule has 1 saturated heterocycles. The summed E-state index contributed by atoms with van der Waals surface area (Å²) in [4.78, 5) is 11.4. The van der Waals surface area contributed by atoms with Gasteiger partial charge in [-0.25, -0.2) is 8.78 Å². The van der Waals surface area contributed by atoms with Crippen LogP contribution in [-0.4, -0.2) is 18.5 Å². The van der Waals surface area contributed by atoms with Crippen LogP contribution in [0.25, 0.3) is 0 Å². The van der Waals surface area contributed by atoms with E-state index < -0.39 is 11.6 Å². The van der Waals surface area contributed by atoms with Crippen molar-refractivity contribution in [3.63, 3.8) is 0 Å². The summed E-state index contributed by atoms with van der Waals surface area (Å²) in [6.07, 6.45) is 1.62. The van der Waals surface area contributed by atoms with E-state index in [9.17, 15) is 13.6 Å². The van der Waals surface area contributed by atoms with Crippen LogP contribution < -0.4 is 10.6 Å². The highest BCUT2D eigenvalue weighted by molar-refractivity contribution is 5.82. The van der Waals surface area contributed by atoms with Gasteiger partial charge in [-0.3, -0.25) is 4.79 Å². The summed E-state index contributed by atoms with van der Waals surface area (Å²) in [5.41, 5.74) is 0.239. The Bertz CT molecular complexity index is 423. The molecule has 1 heterocycles. The third-order valence-corrected chi connectivity index (χ3v) is 2.86. The minimum atomic E-state index is -0.864. The quantitative estimate of drug-likeness (QED) is 0.837. The topological polar surface area (TPSA) is 41.1 Å². The maximum Gasteiger partial charge on any atom is 0.237 e. The SMILES string of the molecule is O=C1NCCCC1NCc1cccc(F)c1F. The Morgan fingerprint density at radius 3 is 3.00 bits per heavy atom. The van der Waals surface area contributed by atoms with E-state index in [4.69, 9.17) is 0 Å². The second kappa shape index (κ2) is 5.23. The molecule has 92 valence electrons. The Hall–Kier alpha value is -1.49. The highest BCUT2D eigenvalue weighted by Crippen LogP contribution is 2.12. The summed E-state index contributed by atoms with van der Waals surface area (Å²) < 4.78 is 26.3. The molecule has 1 aliphatic heterocycles. The molecule has 0 aromatic heterocycles. The van der Waals surface area contributed by atoms with Gasteiger partial charge in [0.05, 0.1) is 6.04 Å². The number of piperidine rings is 1. The van der Waals surface area contributed by atoms with Crippen LogP contribution in [0.4, 0.5) is 8.78 Å². The zero-order valence-electron chi connectivity index (χ0n) is 9.30. The van der Waals surface area contributed by atoms with Crippen molar-refractivity contribution < 1.29 is 13.6 Å². The molecule has 1 amide bonds. The van der Waals surface area contributed by atoms with Crippen molar-refractivity contribution in [2.75, 3.05) is 6.54 Å². The van der Waals surface area contributed by atoms with E-state index in [2.05, 4.69) is 10.6 Å². The van der Waals surface area contributed by atoms with E-state index in [1.54, 1.807) is 0 Å². The zero-order valence-corrected chi connectivity index (χ0v) is 9.30. The van der Waals surface area contributed by atoms with Crippen molar-refractivity contribution in [3.05, 3.63) is 35.4 Å². The van der Waals surface area contributed by atoms with Gasteiger partial charge in [0.15, 0.2) is 11.6 Å². The Kier molecular flexibility index (Phi) is 3.68. The molecule has 0 aliphatic carbocycles. The maximum atomic E-state index is 13.3. The van der Waals surface area contributed by atoms with Crippen molar-refractivity contribution in [1.82, 2.24) is 10.6 Å². The number of amides is 1. The van der Waals surface area contributed by atoms with Gasteiger partial charge < -0.3 is 10.6 Å². The van der Waals surface area contributed by atoms with Crippen LogP contribution in [0.15, 0.2) is 18.2 Å². The zero-order chi connectivity index (χ0) is 12.3. The Morgan fingerprint density at radius 2 is 2.24 bits per heavy atom. The fourth-order valence-corrected chi connectivity index (χ4v) is 1.88. The highest BCUT2D eigenvalue weighted by Gasteiger charge is 2.21. The third kappa shape index (κ3) is 2.79. The molecule has 3 nitrogen and oxygen atoms in total. The first kappa shape index (κ1) is 12.0. The molecule has 1 fully saturated rings. The standard InChI is InChI=1S/C12H14F2N2O/c13-9-4-1-3-8(11(9)14)7-16-10-5-2-6-15-12(10)17/h1,3-4,10,16H,2,5-7H2,(H,15,17). The molecule has 1 aromatic carbocycles. The number of hydrogen-bond donors (Lipinski definition) is 2. The predicted octanol–water partition coefficient (Wildman–Crippen LogP) is 1.33. The molecule has 1 unspecified atom stereocenters. The van der Waals surface area contributed by atoms with Crippen LogP contribution in [0.2, 0.25) is 0 Å². The van der Waals surface area contributed by atoms with Crippen LogP contribution in [-0.2, 0) is 11.3 Å². The van der Waals surface area contributed by atoms with Gasteiger partial charge in [0.25, 0.3) is 0 Å². The van der Waals surface area contributed by atoms with Crippen molar-refractivity contribution in [2.45, 2.75) is 25.4 Å². The number of nitrogens with one attached hydrogen (secondary N) is 2. The Balaban J connectivity index is 1.97. The third-order valence-electron chi connectivity index (χ3n) is 2.86. The second-order valence-electron chi connectivity index (χ2n) is 4.08. The summed E-state index contributed by atoms with van der Waals surface area (Å²) >= 11 is 0. The lowest BCUT2D eigenvalue weighted by molar-refractivity contribution is -0.124. The summed E-state index contributed by atoms with van der Waals surface area (Å²) in [6, 6.07) is 3.72. The summed E-state index contributed by atoms with van der Waals surface area (Å²) in [5, 5.41) is 5.66. The average Bonchev–Trinajstić information content (AvgIpc) is 2.33. The largest absolute Gasteiger partial charge is 0.355 e. The molecule has 2 rings (SSSR count). The Morgan fingerprint density at radius 1 is 1.41 bits per heavy atom. The molecular weight excluding hydrogens is 226 g/mol. The van der Waals surface area contributed by atoms with E-state index in [0.717, 1.165) is 18.9 Å². The molecule has 1 aromatic rings. The maximum absolute atomic E-state index is 13.3. The first-order valence-electron chi connectivity index (χ1n) is 5.62. The summed E-state index contributed by atoms with van der Waals surface area (Å²) in [5.74, 6) is -1.79. The van der Waals surface area contributed by atoms with Gasteiger partial charge in [0.1, 0.15) is 0 Å². The van der Waals surface area contributed by atoms with Crippen molar-refractivity contribution in [1.29, 1.82) is 0 Å². The Labute approximate surface area is 98.2 Å². The van der Waals surface area contributed by atoms with Gasteiger partial charge >= 0.3 is 0 Å². The van der Waals surface area contributed by atoms with Gasteiger partial charge in [-0.05, 0) is 18.9 Å². The number of carbonyl (C=O) groups excluding carboxylic acids is 1. The molecule has 0 bridgehead atoms. The van der Waals surface area contributed by atoms with Crippen LogP contribution in [0, 0.1) is 11.6 Å². The second-order valence-corrected chi connectivity index (χ2v) is 4.08. The first-order valence-corrected chi connectivity index (χ1v) is 5.62. The fraction of sp³-hybridized carbons (Fsp3) is 0.417. The molecule has 1 aliphatic rings. The molecule has 2 N–H and O–H groups in total. The van der Waals surface area contributed by atoms with Crippen molar-refractivity contribution >= 4 is 5.91 Å². The minimum Gasteiger partial charge on any atom is -0.355 e. The van der Waals surface area contributed by atoms with Gasteiger partial charge in [0.2, 0.25) is 5.91 Å². The lowest BCUT2D eigenvalue weighted by Gasteiger charge is -2.22. The predicted molar refractivity (Wildman–Crippen MR) is 59.2 cm³/mol. The van der Waals surface area contributed by atoms with Gasteiger partial charge in [-0.2, -0.15) is 0 Å². The van der Waals surface area contributed by atoms with Crippen LogP contribution in [0.3, 0.4) is 0 Å². The van der Waals surface area contributed by atoms with E-state index in [-0.39, 0.29) is 24.1 Å². The van der Waals surface area contributed by atoms with E-state index in [0.29, 0.717) is 6.54 Å². The van der Waals surface area contributed by atoms with Gasteiger partial charge in [-0.1, -0.05) is 12.1 Å². The average molecular weight is 240 g/mol. The number of halogens is 2. The minimum absolute atomic E-state index is 0.0759. The van der Waals surface area contributed by atoms with E-state index >= 15 is 0 Å². The number of carbonyl (C=O) groups is 1. The number of rotatable bonds is 3. The number of benzene rings is 1. The van der Waals surface area contributed by atoms with Gasteiger partial charge in [0, 0.05) is 18.7 Å². The molecule has 0 spiro atoms.